The van der Waals surface area contributed by atoms with Gasteiger partial charge in [-0.1, -0.05) is 0 Å². The van der Waals surface area contributed by atoms with Crippen LogP contribution in [0.2, 0.25) is 0 Å². The third kappa shape index (κ3) is 2.91. The van der Waals surface area contributed by atoms with E-state index in [0.29, 0.717) is 7.11 Å². The predicted octanol–water partition coefficient (Wildman–Crippen LogP) is 3.03. The van der Waals surface area contributed by atoms with E-state index in [-0.39, 0.29) is 6.92 Å². The number of allylic oxidation sites excluding steroid dienone is 1. The standard InChI is InChI=1S/C6H6F6O/c1-5(9,10)3(7)4(8)6(11,12)13-2/h1-2H3/b4-3+. The zero-order valence-electron chi connectivity index (χ0n) is 6.68. The third-order valence-electron chi connectivity index (χ3n) is 1.09. The maximum Gasteiger partial charge on any atom is 0.411 e. The summed E-state index contributed by atoms with van der Waals surface area (Å²) in [5, 5.41) is 0. The number of alkyl halides is 4. The number of hydrogen-bond acceptors (Lipinski definition) is 1. The van der Waals surface area contributed by atoms with Crippen LogP contribution in [0.25, 0.3) is 0 Å². The second kappa shape index (κ2) is 3.57. The van der Waals surface area contributed by atoms with Crippen LogP contribution in [0.4, 0.5) is 26.3 Å². The van der Waals surface area contributed by atoms with Crippen molar-refractivity contribution in [3.63, 3.8) is 0 Å². The highest BCUT2D eigenvalue weighted by atomic mass is 19.3. The monoisotopic (exact) mass is 208 g/mol. The molecule has 0 rings (SSSR count). The van der Waals surface area contributed by atoms with Crippen LogP contribution in [0, 0.1) is 0 Å². The van der Waals surface area contributed by atoms with Crippen LogP contribution in [0.15, 0.2) is 11.7 Å². The summed E-state index contributed by atoms with van der Waals surface area (Å²) in [5.74, 6) is -10.0. The van der Waals surface area contributed by atoms with Crippen LogP contribution in [0.5, 0.6) is 0 Å². The SMILES string of the molecule is COC(F)(F)/C(F)=C(\F)C(C)(F)F. The quantitative estimate of drug-likeness (QED) is 0.647. The molecule has 0 aliphatic carbocycles. The lowest BCUT2D eigenvalue weighted by atomic mass is 10.3. The summed E-state index contributed by atoms with van der Waals surface area (Å²) >= 11 is 0. The lowest BCUT2D eigenvalue weighted by molar-refractivity contribution is -0.206. The first-order valence-electron chi connectivity index (χ1n) is 3.00. The molecule has 0 aromatic carbocycles. The molecule has 0 saturated carbocycles. The van der Waals surface area contributed by atoms with Gasteiger partial charge in [-0.25, -0.2) is 4.39 Å². The van der Waals surface area contributed by atoms with Crippen molar-refractivity contribution in [2.45, 2.75) is 19.0 Å². The number of methoxy groups -OCH3 is 1. The van der Waals surface area contributed by atoms with Crippen LogP contribution in [0.1, 0.15) is 6.92 Å². The van der Waals surface area contributed by atoms with Crippen molar-refractivity contribution in [3.05, 3.63) is 11.7 Å². The number of ether oxygens (including phenoxy) is 1. The molecule has 0 bridgehead atoms. The summed E-state index contributed by atoms with van der Waals surface area (Å²) in [4.78, 5) is 0. The normalized spacial score (nSPS) is 15.7. The molecule has 0 radical (unpaired) electrons. The molecule has 0 N–H and O–H groups in total. The summed E-state index contributed by atoms with van der Waals surface area (Å²) < 4.78 is 75.7. The molecular weight excluding hydrogens is 202 g/mol. The molecule has 0 spiro atoms. The second-order valence-electron chi connectivity index (χ2n) is 2.24. The van der Waals surface area contributed by atoms with Crippen molar-refractivity contribution >= 4 is 0 Å². The molecule has 0 amide bonds. The summed E-state index contributed by atoms with van der Waals surface area (Å²) in [5.41, 5.74) is 0. The summed E-state index contributed by atoms with van der Waals surface area (Å²) in [7, 11) is 0.362. The van der Waals surface area contributed by atoms with Crippen LogP contribution < -0.4 is 0 Å². The Morgan fingerprint density at radius 2 is 1.38 bits per heavy atom. The Morgan fingerprint density at radius 1 is 1.00 bits per heavy atom. The van der Waals surface area contributed by atoms with Gasteiger partial charge in [0.1, 0.15) is 0 Å². The molecule has 0 aliphatic rings. The Kier molecular flexibility index (Phi) is 3.37. The van der Waals surface area contributed by atoms with Crippen LogP contribution in [-0.2, 0) is 4.74 Å². The van der Waals surface area contributed by atoms with Gasteiger partial charge in [-0.3, -0.25) is 0 Å². The first-order valence-corrected chi connectivity index (χ1v) is 3.00. The second-order valence-corrected chi connectivity index (χ2v) is 2.24. The molecule has 13 heavy (non-hydrogen) atoms. The van der Waals surface area contributed by atoms with E-state index in [0.717, 1.165) is 0 Å². The largest absolute Gasteiger partial charge is 0.411 e. The number of hydrogen-bond donors (Lipinski definition) is 0. The van der Waals surface area contributed by atoms with E-state index < -0.39 is 23.7 Å². The molecule has 78 valence electrons. The van der Waals surface area contributed by atoms with Gasteiger partial charge in [-0.05, 0) is 0 Å². The zero-order chi connectivity index (χ0) is 10.9. The van der Waals surface area contributed by atoms with Crippen molar-refractivity contribution in [2.24, 2.45) is 0 Å². The predicted molar refractivity (Wildman–Crippen MR) is 31.8 cm³/mol. The average molecular weight is 208 g/mol. The Balaban J connectivity index is 5.04. The van der Waals surface area contributed by atoms with E-state index in [2.05, 4.69) is 4.74 Å². The molecule has 0 heterocycles. The highest BCUT2D eigenvalue weighted by Crippen LogP contribution is 2.35. The Labute approximate surface area is 70.0 Å². The van der Waals surface area contributed by atoms with E-state index in [1.165, 1.54) is 0 Å². The van der Waals surface area contributed by atoms with Crippen molar-refractivity contribution in [1.29, 1.82) is 0 Å². The number of rotatable bonds is 3. The third-order valence-corrected chi connectivity index (χ3v) is 1.09. The fourth-order valence-electron chi connectivity index (χ4n) is 0.410. The molecule has 0 saturated heterocycles. The highest BCUT2D eigenvalue weighted by molar-refractivity contribution is 5.12. The van der Waals surface area contributed by atoms with Gasteiger partial charge in [-0.2, -0.15) is 22.0 Å². The Bertz CT molecular complexity index is 216. The van der Waals surface area contributed by atoms with Crippen molar-refractivity contribution in [3.8, 4) is 0 Å². The highest BCUT2D eigenvalue weighted by Gasteiger charge is 2.44. The van der Waals surface area contributed by atoms with Gasteiger partial charge in [0.15, 0.2) is 0 Å². The fraction of sp³-hybridized carbons (Fsp3) is 0.667. The molecule has 0 aromatic rings. The van der Waals surface area contributed by atoms with E-state index >= 15 is 0 Å². The molecule has 0 aliphatic heterocycles. The van der Waals surface area contributed by atoms with Crippen LogP contribution >= 0.6 is 0 Å². The van der Waals surface area contributed by atoms with Crippen LogP contribution in [-0.4, -0.2) is 19.1 Å². The van der Waals surface area contributed by atoms with E-state index in [1.54, 1.807) is 0 Å². The van der Waals surface area contributed by atoms with Crippen LogP contribution in [0.3, 0.4) is 0 Å². The van der Waals surface area contributed by atoms with Gasteiger partial charge < -0.3 is 4.74 Å². The summed E-state index contributed by atoms with van der Waals surface area (Å²) in [6.45, 7) is -0.0480. The molecule has 0 aromatic heterocycles. The van der Waals surface area contributed by atoms with Gasteiger partial charge in [0.2, 0.25) is 11.7 Å². The topological polar surface area (TPSA) is 9.23 Å². The molecule has 0 fully saturated rings. The van der Waals surface area contributed by atoms with Crippen molar-refractivity contribution in [2.75, 3.05) is 7.11 Å². The van der Waals surface area contributed by atoms with Gasteiger partial charge in [0, 0.05) is 14.0 Å². The molecular formula is C6H6F6O. The first kappa shape index (κ1) is 12.3. The first-order chi connectivity index (χ1) is 5.63. The Hall–Kier alpha value is -0.720. The maximum atomic E-state index is 12.2. The Morgan fingerprint density at radius 3 is 1.62 bits per heavy atom. The lowest BCUT2D eigenvalue weighted by Gasteiger charge is -2.14. The number of halogens is 6. The summed E-state index contributed by atoms with van der Waals surface area (Å²) in [6, 6.07) is 0. The zero-order valence-corrected chi connectivity index (χ0v) is 6.68. The fourth-order valence-corrected chi connectivity index (χ4v) is 0.410. The minimum atomic E-state index is -4.66. The smallest absolute Gasteiger partial charge is 0.318 e. The van der Waals surface area contributed by atoms with Gasteiger partial charge >= 0.3 is 6.11 Å². The van der Waals surface area contributed by atoms with E-state index in [9.17, 15) is 26.3 Å². The average Bonchev–Trinajstić information content (AvgIpc) is 2.00. The molecule has 7 heteroatoms. The van der Waals surface area contributed by atoms with E-state index in [1.807, 2.05) is 0 Å². The van der Waals surface area contributed by atoms with Gasteiger partial charge in [0.25, 0.3) is 5.92 Å². The van der Waals surface area contributed by atoms with E-state index in [4.69, 9.17) is 0 Å². The lowest BCUT2D eigenvalue weighted by Crippen LogP contribution is -2.24. The molecule has 1 nitrogen and oxygen atoms in total. The van der Waals surface area contributed by atoms with Gasteiger partial charge in [0.05, 0.1) is 0 Å². The minimum Gasteiger partial charge on any atom is -0.318 e. The van der Waals surface area contributed by atoms with Crippen molar-refractivity contribution < 1.29 is 31.1 Å². The minimum absolute atomic E-state index is 0.0480. The summed E-state index contributed by atoms with van der Waals surface area (Å²) in [6.07, 6.45) is -4.66. The molecule has 0 unspecified atom stereocenters. The maximum absolute atomic E-state index is 12.2. The van der Waals surface area contributed by atoms with Crippen molar-refractivity contribution in [1.82, 2.24) is 0 Å². The van der Waals surface area contributed by atoms with Gasteiger partial charge in [-0.15, -0.1) is 0 Å². The molecule has 0 atom stereocenters.